The van der Waals surface area contributed by atoms with Crippen LogP contribution in [0.5, 0.6) is 0 Å². The zero-order valence-corrected chi connectivity index (χ0v) is 23.5. The summed E-state index contributed by atoms with van der Waals surface area (Å²) in [6.07, 6.45) is 0. The number of furan rings is 1. The van der Waals surface area contributed by atoms with Crippen molar-refractivity contribution in [3.05, 3.63) is 140 Å². The third-order valence-electron chi connectivity index (χ3n) is 8.95. The largest absolute Gasteiger partial charge is 0.454 e. The van der Waals surface area contributed by atoms with E-state index in [0.29, 0.717) is 0 Å². The highest BCUT2D eigenvalue weighted by Crippen LogP contribution is 2.46. The lowest BCUT2D eigenvalue weighted by Crippen LogP contribution is -2.04. The van der Waals surface area contributed by atoms with E-state index in [1.165, 1.54) is 10.8 Å². The van der Waals surface area contributed by atoms with Crippen LogP contribution in [0.2, 0.25) is 0 Å². The minimum Gasteiger partial charge on any atom is -0.454 e. The van der Waals surface area contributed by atoms with Gasteiger partial charge in [0.25, 0.3) is 0 Å². The van der Waals surface area contributed by atoms with Crippen molar-refractivity contribution in [2.75, 3.05) is 0 Å². The molecule has 0 saturated carbocycles. The Hall–Kier alpha value is -6.00. The standard InChI is InChI=1S/C40H23N3O/c1-2-13-25(14-3-1)36-40(42-37-26-15-5-4-12-24(26)22-23-31(37)41-36)43-32-20-10-8-18-29(32)34-27-16-6-7-17-28(27)35-30-19-9-11-21-33(30)44-39(35)38(34)43/h1-23H. The third-order valence-corrected chi connectivity index (χ3v) is 8.95. The number of para-hydroxylation sites is 2. The molecule has 10 rings (SSSR count). The van der Waals surface area contributed by atoms with E-state index in [1.54, 1.807) is 0 Å². The first-order valence-corrected chi connectivity index (χ1v) is 14.9. The summed E-state index contributed by atoms with van der Waals surface area (Å²) < 4.78 is 9.09. The average Bonchev–Trinajstić information content (AvgIpc) is 3.65. The second-order valence-electron chi connectivity index (χ2n) is 11.3. The highest BCUT2D eigenvalue weighted by Gasteiger charge is 2.25. The summed E-state index contributed by atoms with van der Waals surface area (Å²) in [6, 6.07) is 48.6. The Morgan fingerprint density at radius 3 is 2.00 bits per heavy atom. The molecule has 0 spiro atoms. The van der Waals surface area contributed by atoms with Crippen molar-refractivity contribution in [3.8, 4) is 17.1 Å². The Morgan fingerprint density at radius 1 is 0.500 bits per heavy atom. The lowest BCUT2D eigenvalue weighted by Gasteiger charge is -2.15. The zero-order chi connectivity index (χ0) is 28.8. The van der Waals surface area contributed by atoms with Crippen LogP contribution in [0.25, 0.3) is 93.4 Å². The first kappa shape index (κ1) is 23.6. The van der Waals surface area contributed by atoms with Gasteiger partial charge >= 0.3 is 0 Å². The molecule has 0 unspecified atom stereocenters. The van der Waals surface area contributed by atoms with Crippen LogP contribution in [-0.2, 0) is 0 Å². The summed E-state index contributed by atoms with van der Waals surface area (Å²) in [4.78, 5) is 10.9. The van der Waals surface area contributed by atoms with E-state index in [9.17, 15) is 0 Å². The van der Waals surface area contributed by atoms with Crippen molar-refractivity contribution in [2.24, 2.45) is 0 Å². The molecular formula is C40H23N3O. The highest BCUT2D eigenvalue weighted by molar-refractivity contribution is 6.35. The van der Waals surface area contributed by atoms with Crippen LogP contribution in [-0.4, -0.2) is 14.5 Å². The molecule has 44 heavy (non-hydrogen) atoms. The van der Waals surface area contributed by atoms with Gasteiger partial charge in [0, 0.05) is 32.5 Å². The van der Waals surface area contributed by atoms with E-state index >= 15 is 0 Å². The molecule has 0 radical (unpaired) electrons. The normalized spacial score (nSPS) is 12.1. The first-order valence-electron chi connectivity index (χ1n) is 14.9. The van der Waals surface area contributed by atoms with E-state index in [2.05, 4.69) is 132 Å². The van der Waals surface area contributed by atoms with Crippen molar-refractivity contribution >= 4 is 76.3 Å². The minimum atomic E-state index is 0.781. The lowest BCUT2D eigenvalue weighted by molar-refractivity contribution is 0.671. The van der Waals surface area contributed by atoms with Crippen molar-refractivity contribution in [2.45, 2.75) is 0 Å². The van der Waals surface area contributed by atoms with E-state index < -0.39 is 0 Å². The van der Waals surface area contributed by atoms with E-state index in [4.69, 9.17) is 14.4 Å². The maximum Gasteiger partial charge on any atom is 0.165 e. The fraction of sp³-hybridized carbons (Fsp3) is 0. The number of aromatic nitrogens is 3. The van der Waals surface area contributed by atoms with Gasteiger partial charge in [-0.2, -0.15) is 0 Å². The number of rotatable bonds is 2. The Bertz CT molecular complexity index is 2770. The van der Waals surface area contributed by atoms with Crippen LogP contribution >= 0.6 is 0 Å². The van der Waals surface area contributed by atoms with Gasteiger partial charge in [0.2, 0.25) is 0 Å². The lowest BCUT2D eigenvalue weighted by atomic mass is 9.99. The number of benzene rings is 7. The monoisotopic (exact) mass is 561 g/mol. The summed E-state index contributed by atoms with van der Waals surface area (Å²) in [5, 5.41) is 9.13. The van der Waals surface area contributed by atoms with Gasteiger partial charge in [0.1, 0.15) is 11.3 Å². The molecule has 0 aliphatic rings. The predicted molar refractivity (Wildman–Crippen MR) is 182 cm³/mol. The number of nitrogens with zero attached hydrogens (tertiary/aromatic N) is 3. The van der Waals surface area contributed by atoms with Gasteiger partial charge in [-0.3, -0.25) is 4.57 Å². The SMILES string of the molecule is c1ccc(-c2nc3ccc4ccccc4c3nc2-n2c3ccccc3c3c4ccccc4c4c5ccccc5oc4c32)cc1. The Labute approximate surface area is 251 Å². The Morgan fingerprint density at radius 2 is 1.16 bits per heavy atom. The molecule has 3 heterocycles. The van der Waals surface area contributed by atoms with Gasteiger partial charge in [0.15, 0.2) is 11.4 Å². The molecular weight excluding hydrogens is 538 g/mol. The summed E-state index contributed by atoms with van der Waals surface area (Å²) in [5.41, 5.74) is 7.38. The summed E-state index contributed by atoms with van der Waals surface area (Å²) in [5.74, 6) is 0.781. The highest BCUT2D eigenvalue weighted by atomic mass is 16.3. The molecule has 0 aliphatic heterocycles. The van der Waals surface area contributed by atoms with E-state index in [1.807, 2.05) is 12.1 Å². The van der Waals surface area contributed by atoms with E-state index in [-0.39, 0.29) is 0 Å². The molecule has 7 aromatic carbocycles. The van der Waals surface area contributed by atoms with Crippen LogP contribution in [0.4, 0.5) is 0 Å². The Kier molecular flexibility index (Phi) is 4.69. The van der Waals surface area contributed by atoms with Crippen LogP contribution in [0.15, 0.2) is 144 Å². The predicted octanol–water partition coefficient (Wildman–Crippen LogP) is 10.6. The summed E-state index contributed by atoms with van der Waals surface area (Å²) in [7, 11) is 0. The van der Waals surface area contributed by atoms with Crippen molar-refractivity contribution in [1.82, 2.24) is 14.5 Å². The van der Waals surface area contributed by atoms with Gasteiger partial charge in [-0.15, -0.1) is 0 Å². The zero-order valence-electron chi connectivity index (χ0n) is 23.5. The molecule has 204 valence electrons. The molecule has 0 N–H and O–H groups in total. The second-order valence-corrected chi connectivity index (χ2v) is 11.3. The van der Waals surface area contributed by atoms with Gasteiger partial charge in [-0.25, -0.2) is 9.97 Å². The van der Waals surface area contributed by atoms with Crippen LogP contribution in [0.1, 0.15) is 0 Å². The van der Waals surface area contributed by atoms with Crippen molar-refractivity contribution in [3.63, 3.8) is 0 Å². The topological polar surface area (TPSA) is 43.9 Å². The van der Waals surface area contributed by atoms with Crippen molar-refractivity contribution in [1.29, 1.82) is 0 Å². The van der Waals surface area contributed by atoms with Crippen molar-refractivity contribution < 1.29 is 4.42 Å². The fourth-order valence-corrected chi connectivity index (χ4v) is 7.07. The van der Waals surface area contributed by atoms with Crippen LogP contribution in [0.3, 0.4) is 0 Å². The quantitative estimate of drug-likeness (QED) is 0.197. The molecule has 3 aromatic heterocycles. The van der Waals surface area contributed by atoms with Gasteiger partial charge in [-0.1, -0.05) is 121 Å². The maximum atomic E-state index is 6.80. The fourth-order valence-electron chi connectivity index (χ4n) is 7.07. The molecule has 4 nitrogen and oxygen atoms in total. The summed E-state index contributed by atoms with van der Waals surface area (Å²) in [6.45, 7) is 0. The molecule has 0 atom stereocenters. The Balaban J connectivity index is 1.49. The van der Waals surface area contributed by atoms with Gasteiger partial charge < -0.3 is 4.42 Å². The molecule has 0 bridgehead atoms. The first-order chi connectivity index (χ1) is 21.8. The van der Waals surface area contributed by atoms with Gasteiger partial charge in [0.05, 0.1) is 22.1 Å². The van der Waals surface area contributed by atoms with Crippen LogP contribution < -0.4 is 0 Å². The van der Waals surface area contributed by atoms with Gasteiger partial charge in [-0.05, 0) is 34.4 Å². The molecule has 0 amide bonds. The second kappa shape index (κ2) is 8.76. The molecule has 0 fully saturated rings. The molecule has 10 aromatic rings. The molecule has 4 heteroatoms. The average molecular weight is 562 g/mol. The smallest absolute Gasteiger partial charge is 0.165 e. The summed E-state index contributed by atoms with van der Waals surface area (Å²) >= 11 is 0. The third kappa shape index (κ3) is 3.11. The maximum absolute atomic E-state index is 6.80. The van der Waals surface area contributed by atoms with E-state index in [0.717, 1.165) is 82.6 Å². The molecule has 0 aliphatic carbocycles. The number of hydrogen-bond acceptors (Lipinski definition) is 3. The minimum absolute atomic E-state index is 0.781. The molecule has 0 saturated heterocycles. The number of hydrogen-bond donors (Lipinski definition) is 0. The van der Waals surface area contributed by atoms with Crippen LogP contribution in [0, 0.1) is 0 Å². The number of fused-ring (bicyclic) bond motifs is 13.